The van der Waals surface area contributed by atoms with Crippen molar-refractivity contribution in [2.45, 2.75) is 19.4 Å². The number of nitrogens with zero attached hydrogens (tertiary/aromatic N) is 2. The lowest BCUT2D eigenvalue weighted by molar-refractivity contribution is -0.118. The largest absolute Gasteiger partial charge is 0.324 e. The van der Waals surface area contributed by atoms with Crippen molar-refractivity contribution in [1.29, 1.82) is 0 Å². The standard InChI is InChI=1S/C23H23ClN4O2/c1-2-28(20-5-3-4-18(24)14-20)22(29)15-21(25)16-6-8-17(9-7-16)23(30)27-19-10-12-26-13-11-19/h3-14,21H,2,15,25H2,1H3,(H,26,27,30). The van der Waals surface area contributed by atoms with E-state index in [-0.39, 0.29) is 18.2 Å². The van der Waals surface area contributed by atoms with E-state index in [0.29, 0.717) is 22.8 Å². The van der Waals surface area contributed by atoms with Crippen molar-refractivity contribution >= 4 is 34.8 Å². The van der Waals surface area contributed by atoms with Crippen LogP contribution in [0.15, 0.2) is 73.1 Å². The molecule has 1 aromatic heterocycles. The third-order valence-electron chi connectivity index (χ3n) is 4.67. The fraction of sp³-hybridized carbons (Fsp3) is 0.174. The van der Waals surface area contributed by atoms with Crippen LogP contribution in [0.3, 0.4) is 0 Å². The van der Waals surface area contributed by atoms with E-state index in [4.69, 9.17) is 17.3 Å². The van der Waals surface area contributed by atoms with Crippen molar-refractivity contribution in [2.24, 2.45) is 5.73 Å². The lowest BCUT2D eigenvalue weighted by atomic mass is 10.0. The Morgan fingerprint density at radius 3 is 2.43 bits per heavy atom. The molecule has 0 saturated carbocycles. The van der Waals surface area contributed by atoms with Gasteiger partial charge in [0.15, 0.2) is 0 Å². The molecule has 0 radical (unpaired) electrons. The van der Waals surface area contributed by atoms with Crippen molar-refractivity contribution in [2.75, 3.05) is 16.8 Å². The number of nitrogens with one attached hydrogen (secondary N) is 1. The average Bonchev–Trinajstić information content (AvgIpc) is 2.75. The summed E-state index contributed by atoms with van der Waals surface area (Å²) in [5, 5.41) is 3.38. The second kappa shape index (κ2) is 10.0. The van der Waals surface area contributed by atoms with Crippen molar-refractivity contribution in [3.63, 3.8) is 0 Å². The van der Waals surface area contributed by atoms with Crippen LogP contribution in [0.1, 0.15) is 35.3 Å². The lowest BCUT2D eigenvalue weighted by Gasteiger charge is -2.23. The Bertz CT molecular complexity index is 1010. The Morgan fingerprint density at radius 2 is 1.80 bits per heavy atom. The number of halogens is 1. The number of anilines is 2. The Morgan fingerprint density at radius 1 is 1.10 bits per heavy atom. The maximum Gasteiger partial charge on any atom is 0.255 e. The van der Waals surface area contributed by atoms with E-state index in [1.54, 1.807) is 65.8 Å². The van der Waals surface area contributed by atoms with Crippen LogP contribution in [0, 0.1) is 0 Å². The van der Waals surface area contributed by atoms with E-state index in [0.717, 1.165) is 11.3 Å². The summed E-state index contributed by atoms with van der Waals surface area (Å²) in [4.78, 5) is 30.7. The minimum absolute atomic E-state index is 0.0910. The smallest absolute Gasteiger partial charge is 0.255 e. The Hall–Kier alpha value is -3.22. The third-order valence-corrected chi connectivity index (χ3v) is 4.91. The van der Waals surface area contributed by atoms with E-state index in [9.17, 15) is 9.59 Å². The number of aromatic nitrogens is 1. The summed E-state index contributed by atoms with van der Waals surface area (Å²) in [5.74, 6) is -0.317. The minimum Gasteiger partial charge on any atom is -0.324 e. The van der Waals surface area contributed by atoms with E-state index in [1.807, 2.05) is 19.1 Å². The quantitative estimate of drug-likeness (QED) is 0.589. The molecule has 0 aliphatic heterocycles. The number of amides is 2. The summed E-state index contributed by atoms with van der Waals surface area (Å²) in [6.45, 7) is 2.42. The van der Waals surface area contributed by atoms with Gasteiger partial charge in [0.1, 0.15) is 0 Å². The molecule has 1 unspecified atom stereocenters. The molecule has 3 aromatic rings. The molecule has 2 amide bonds. The summed E-state index contributed by atoms with van der Waals surface area (Å²) in [6.07, 6.45) is 3.36. The van der Waals surface area contributed by atoms with Crippen LogP contribution >= 0.6 is 11.6 Å². The first-order valence-electron chi connectivity index (χ1n) is 9.60. The molecule has 0 spiro atoms. The number of carbonyl (C=O) groups is 2. The minimum atomic E-state index is -0.483. The van der Waals surface area contributed by atoms with Crippen LogP contribution in [0.4, 0.5) is 11.4 Å². The monoisotopic (exact) mass is 422 g/mol. The molecular weight excluding hydrogens is 400 g/mol. The second-order valence-electron chi connectivity index (χ2n) is 6.74. The van der Waals surface area contributed by atoms with Gasteiger partial charge in [-0.3, -0.25) is 14.6 Å². The predicted octanol–water partition coefficient (Wildman–Crippen LogP) is 4.43. The molecule has 1 atom stereocenters. The fourth-order valence-corrected chi connectivity index (χ4v) is 3.27. The number of carbonyl (C=O) groups excluding carboxylic acids is 2. The topological polar surface area (TPSA) is 88.3 Å². The zero-order valence-corrected chi connectivity index (χ0v) is 17.3. The molecule has 0 saturated heterocycles. The van der Waals surface area contributed by atoms with Gasteiger partial charge in [-0.05, 0) is 55.0 Å². The number of pyridine rings is 1. The Balaban J connectivity index is 1.64. The maximum atomic E-state index is 12.8. The van der Waals surface area contributed by atoms with E-state index in [1.165, 1.54) is 0 Å². The van der Waals surface area contributed by atoms with Gasteiger partial charge in [0, 0.05) is 53.4 Å². The van der Waals surface area contributed by atoms with E-state index < -0.39 is 6.04 Å². The first kappa shape index (κ1) is 21.5. The molecular formula is C23H23ClN4O2. The highest BCUT2D eigenvalue weighted by Crippen LogP contribution is 2.23. The summed E-state index contributed by atoms with van der Waals surface area (Å²) in [6, 6.07) is 17.1. The van der Waals surface area contributed by atoms with Gasteiger partial charge in [0.25, 0.3) is 5.91 Å². The number of hydrogen-bond donors (Lipinski definition) is 2. The van der Waals surface area contributed by atoms with Crippen LogP contribution in [-0.4, -0.2) is 23.3 Å². The molecule has 3 rings (SSSR count). The first-order chi connectivity index (χ1) is 14.5. The zero-order chi connectivity index (χ0) is 21.5. The lowest BCUT2D eigenvalue weighted by Crippen LogP contribution is -2.33. The van der Waals surface area contributed by atoms with Gasteiger partial charge >= 0.3 is 0 Å². The van der Waals surface area contributed by atoms with Gasteiger partial charge in [-0.25, -0.2) is 0 Å². The highest BCUT2D eigenvalue weighted by Gasteiger charge is 2.19. The van der Waals surface area contributed by atoms with Crippen LogP contribution in [0.25, 0.3) is 0 Å². The van der Waals surface area contributed by atoms with Crippen LogP contribution in [0.5, 0.6) is 0 Å². The van der Waals surface area contributed by atoms with Crippen molar-refractivity contribution in [3.05, 3.63) is 89.2 Å². The molecule has 0 aliphatic rings. The predicted molar refractivity (Wildman–Crippen MR) is 120 cm³/mol. The molecule has 0 aliphatic carbocycles. The molecule has 30 heavy (non-hydrogen) atoms. The van der Waals surface area contributed by atoms with Gasteiger partial charge in [-0.2, -0.15) is 0 Å². The van der Waals surface area contributed by atoms with Crippen LogP contribution in [0.2, 0.25) is 5.02 Å². The van der Waals surface area contributed by atoms with E-state index in [2.05, 4.69) is 10.3 Å². The van der Waals surface area contributed by atoms with Gasteiger partial charge in [-0.1, -0.05) is 29.8 Å². The molecule has 1 heterocycles. The van der Waals surface area contributed by atoms with Gasteiger partial charge in [-0.15, -0.1) is 0 Å². The highest BCUT2D eigenvalue weighted by atomic mass is 35.5. The highest BCUT2D eigenvalue weighted by molar-refractivity contribution is 6.30. The van der Waals surface area contributed by atoms with Crippen LogP contribution < -0.4 is 16.0 Å². The van der Waals surface area contributed by atoms with Gasteiger partial charge in [0.2, 0.25) is 5.91 Å². The Labute approximate surface area is 180 Å². The summed E-state index contributed by atoms with van der Waals surface area (Å²) in [5.41, 5.74) is 8.96. The normalized spacial score (nSPS) is 11.6. The number of rotatable bonds is 7. The molecule has 2 aromatic carbocycles. The van der Waals surface area contributed by atoms with Crippen molar-refractivity contribution < 1.29 is 9.59 Å². The van der Waals surface area contributed by atoms with E-state index >= 15 is 0 Å². The average molecular weight is 423 g/mol. The summed E-state index contributed by atoms with van der Waals surface area (Å²) in [7, 11) is 0. The molecule has 6 nitrogen and oxygen atoms in total. The van der Waals surface area contributed by atoms with Crippen LogP contribution in [-0.2, 0) is 4.79 Å². The third kappa shape index (κ3) is 5.43. The van der Waals surface area contributed by atoms with Crippen molar-refractivity contribution in [3.8, 4) is 0 Å². The SMILES string of the molecule is CCN(C(=O)CC(N)c1ccc(C(=O)Nc2ccncc2)cc1)c1cccc(Cl)c1. The summed E-state index contributed by atoms with van der Waals surface area (Å²) < 4.78 is 0. The first-order valence-corrected chi connectivity index (χ1v) is 9.98. The fourth-order valence-electron chi connectivity index (χ4n) is 3.08. The van der Waals surface area contributed by atoms with Gasteiger partial charge in [0.05, 0.1) is 0 Å². The number of hydrogen-bond acceptors (Lipinski definition) is 4. The molecule has 3 N–H and O–H groups in total. The van der Waals surface area contributed by atoms with Crippen molar-refractivity contribution in [1.82, 2.24) is 4.98 Å². The Kier molecular flexibility index (Phi) is 7.17. The maximum absolute atomic E-state index is 12.8. The molecule has 154 valence electrons. The summed E-state index contributed by atoms with van der Waals surface area (Å²) >= 11 is 6.05. The number of nitrogens with two attached hydrogens (primary N) is 1. The molecule has 7 heteroatoms. The van der Waals surface area contributed by atoms with Gasteiger partial charge < -0.3 is 16.0 Å². The molecule has 0 bridgehead atoms. The molecule has 0 fully saturated rings. The number of benzene rings is 2. The second-order valence-corrected chi connectivity index (χ2v) is 7.18. The zero-order valence-electron chi connectivity index (χ0n) is 16.6.